The molecule has 0 aliphatic rings. The highest BCUT2D eigenvalue weighted by atomic mass is 35.5. The third kappa shape index (κ3) is 1.98. The van der Waals surface area contributed by atoms with Crippen molar-refractivity contribution < 1.29 is 4.39 Å². The SMILES string of the molecule is CC(C)=C(C)c1ccc(Cl)c(F)c1C. The second kappa shape index (κ2) is 4.14. The minimum absolute atomic E-state index is 0.188. The van der Waals surface area contributed by atoms with Crippen molar-refractivity contribution in [3.8, 4) is 0 Å². The molecule has 76 valence electrons. The summed E-state index contributed by atoms with van der Waals surface area (Å²) < 4.78 is 13.5. The highest BCUT2D eigenvalue weighted by Crippen LogP contribution is 2.27. The summed E-state index contributed by atoms with van der Waals surface area (Å²) in [6, 6.07) is 3.47. The van der Waals surface area contributed by atoms with Gasteiger partial charge in [-0.2, -0.15) is 0 Å². The quantitative estimate of drug-likeness (QED) is 0.638. The van der Waals surface area contributed by atoms with Crippen molar-refractivity contribution in [2.24, 2.45) is 0 Å². The Bertz CT molecular complexity index is 388. The fourth-order valence-corrected chi connectivity index (χ4v) is 1.53. The van der Waals surface area contributed by atoms with Crippen molar-refractivity contribution in [1.82, 2.24) is 0 Å². The van der Waals surface area contributed by atoms with Crippen molar-refractivity contribution in [2.45, 2.75) is 27.7 Å². The largest absolute Gasteiger partial charge is 0.205 e. The van der Waals surface area contributed by atoms with Crippen LogP contribution in [-0.2, 0) is 0 Å². The molecule has 0 saturated carbocycles. The van der Waals surface area contributed by atoms with E-state index in [2.05, 4.69) is 0 Å². The molecule has 0 heterocycles. The Hall–Kier alpha value is -0.820. The molecule has 0 bridgehead atoms. The molecule has 0 aliphatic heterocycles. The standard InChI is InChI=1S/C12H14ClF/c1-7(2)8(3)10-5-6-11(13)12(14)9(10)4/h5-6H,1-4H3. The highest BCUT2D eigenvalue weighted by Gasteiger charge is 2.09. The normalized spacial score (nSPS) is 10.1. The molecule has 14 heavy (non-hydrogen) atoms. The monoisotopic (exact) mass is 212 g/mol. The summed E-state index contributed by atoms with van der Waals surface area (Å²) in [5, 5.41) is 0.188. The molecule has 1 aromatic rings. The van der Waals surface area contributed by atoms with Crippen LogP contribution in [0.4, 0.5) is 4.39 Å². The Morgan fingerprint density at radius 1 is 1.21 bits per heavy atom. The lowest BCUT2D eigenvalue weighted by Crippen LogP contribution is -1.92. The van der Waals surface area contributed by atoms with Gasteiger partial charge < -0.3 is 0 Å². The number of halogens is 2. The number of allylic oxidation sites excluding steroid dienone is 2. The molecule has 0 radical (unpaired) electrons. The van der Waals surface area contributed by atoms with Crippen LogP contribution >= 0.6 is 11.6 Å². The van der Waals surface area contributed by atoms with E-state index in [0.29, 0.717) is 5.56 Å². The van der Waals surface area contributed by atoms with Gasteiger partial charge in [0, 0.05) is 0 Å². The van der Waals surface area contributed by atoms with Gasteiger partial charge in [-0.25, -0.2) is 4.39 Å². The van der Waals surface area contributed by atoms with Gasteiger partial charge in [-0.05, 0) is 50.5 Å². The zero-order valence-electron chi connectivity index (χ0n) is 8.91. The van der Waals surface area contributed by atoms with Crippen LogP contribution in [0.1, 0.15) is 31.9 Å². The van der Waals surface area contributed by atoms with E-state index in [1.807, 2.05) is 26.8 Å². The highest BCUT2D eigenvalue weighted by molar-refractivity contribution is 6.30. The molecule has 0 saturated heterocycles. The Morgan fingerprint density at radius 2 is 1.79 bits per heavy atom. The van der Waals surface area contributed by atoms with Crippen LogP contribution in [0.2, 0.25) is 5.02 Å². The van der Waals surface area contributed by atoms with Gasteiger partial charge in [-0.15, -0.1) is 0 Å². The summed E-state index contributed by atoms with van der Waals surface area (Å²) >= 11 is 5.68. The molecule has 0 unspecified atom stereocenters. The molecule has 0 aliphatic carbocycles. The molecule has 1 aromatic carbocycles. The fraction of sp³-hybridized carbons (Fsp3) is 0.333. The van der Waals surface area contributed by atoms with Crippen molar-refractivity contribution in [3.05, 3.63) is 39.7 Å². The van der Waals surface area contributed by atoms with E-state index in [-0.39, 0.29) is 10.8 Å². The zero-order chi connectivity index (χ0) is 10.9. The van der Waals surface area contributed by atoms with Gasteiger partial charge in [0.1, 0.15) is 5.82 Å². The summed E-state index contributed by atoms with van der Waals surface area (Å²) in [7, 11) is 0. The number of benzene rings is 1. The van der Waals surface area contributed by atoms with Gasteiger partial charge >= 0.3 is 0 Å². The van der Waals surface area contributed by atoms with E-state index in [0.717, 1.165) is 11.1 Å². The average molecular weight is 213 g/mol. The van der Waals surface area contributed by atoms with E-state index < -0.39 is 0 Å². The predicted octanol–water partition coefficient (Wildman–Crippen LogP) is 4.60. The van der Waals surface area contributed by atoms with Crippen LogP contribution in [0.15, 0.2) is 17.7 Å². The summed E-state index contributed by atoms with van der Waals surface area (Å²) in [4.78, 5) is 0. The molecule has 0 aromatic heterocycles. The lowest BCUT2D eigenvalue weighted by molar-refractivity contribution is 0.618. The summed E-state index contributed by atoms with van der Waals surface area (Å²) in [6.45, 7) is 7.77. The first-order chi connectivity index (χ1) is 6.45. The van der Waals surface area contributed by atoms with Crippen molar-refractivity contribution >= 4 is 17.2 Å². The Kier molecular flexibility index (Phi) is 3.33. The molecular weight excluding hydrogens is 199 g/mol. The summed E-state index contributed by atoms with van der Waals surface area (Å²) in [5.74, 6) is -0.315. The number of rotatable bonds is 1. The lowest BCUT2D eigenvalue weighted by Gasteiger charge is -2.09. The van der Waals surface area contributed by atoms with Gasteiger partial charge in [-0.1, -0.05) is 23.2 Å². The van der Waals surface area contributed by atoms with Gasteiger partial charge in [0.05, 0.1) is 5.02 Å². The van der Waals surface area contributed by atoms with E-state index in [1.165, 1.54) is 5.57 Å². The minimum atomic E-state index is -0.315. The molecule has 0 amide bonds. The van der Waals surface area contributed by atoms with Crippen molar-refractivity contribution in [1.29, 1.82) is 0 Å². The summed E-state index contributed by atoms with van der Waals surface area (Å²) in [6.07, 6.45) is 0. The van der Waals surface area contributed by atoms with Crippen LogP contribution in [0.25, 0.3) is 5.57 Å². The first kappa shape index (κ1) is 11.3. The molecule has 0 spiro atoms. The Morgan fingerprint density at radius 3 is 2.29 bits per heavy atom. The minimum Gasteiger partial charge on any atom is -0.205 e. The third-order valence-corrected chi connectivity index (χ3v) is 2.79. The Labute approximate surface area is 89.4 Å². The topological polar surface area (TPSA) is 0 Å². The van der Waals surface area contributed by atoms with E-state index in [9.17, 15) is 4.39 Å². The second-order valence-electron chi connectivity index (χ2n) is 3.66. The van der Waals surface area contributed by atoms with Gasteiger partial charge in [-0.3, -0.25) is 0 Å². The Balaban J connectivity index is 3.39. The first-order valence-electron chi connectivity index (χ1n) is 4.54. The maximum Gasteiger partial charge on any atom is 0.145 e. The van der Waals surface area contributed by atoms with E-state index in [4.69, 9.17) is 11.6 Å². The molecule has 0 N–H and O–H groups in total. The average Bonchev–Trinajstić information content (AvgIpc) is 2.13. The lowest BCUT2D eigenvalue weighted by atomic mass is 9.98. The van der Waals surface area contributed by atoms with Crippen LogP contribution in [0.3, 0.4) is 0 Å². The molecule has 0 atom stereocenters. The maximum atomic E-state index is 13.5. The van der Waals surface area contributed by atoms with Crippen molar-refractivity contribution in [2.75, 3.05) is 0 Å². The van der Waals surface area contributed by atoms with Gasteiger partial charge in [0.2, 0.25) is 0 Å². The molecule has 0 nitrogen and oxygen atoms in total. The van der Waals surface area contributed by atoms with Crippen molar-refractivity contribution in [3.63, 3.8) is 0 Å². The number of hydrogen-bond acceptors (Lipinski definition) is 0. The summed E-state index contributed by atoms with van der Waals surface area (Å²) in [5.41, 5.74) is 3.86. The molecule has 1 rings (SSSR count). The fourth-order valence-electron chi connectivity index (χ4n) is 1.33. The first-order valence-corrected chi connectivity index (χ1v) is 4.92. The molecule has 0 fully saturated rings. The van der Waals surface area contributed by atoms with Crippen LogP contribution in [0, 0.1) is 12.7 Å². The zero-order valence-corrected chi connectivity index (χ0v) is 9.67. The van der Waals surface area contributed by atoms with E-state index in [1.54, 1.807) is 13.0 Å². The van der Waals surface area contributed by atoms with Crippen LogP contribution < -0.4 is 0 Å². The van der Waals surface area contributed by atoms with Gasteiger partial charge in [0.15, 0.2) is 0 Å². The van der Waals surface area contributed by atoms with Gasteiger partial charge in [0.25, 0.3) is 0 Å². The molecule has 2 heteroatoms. The smallest absolute Gasteiger partial charge is 0.145 e. The van der Waals surface area contributed by atoms with E-state index >= 15 is 0 Å². The third-order valence-electron chi connectivity index (χ3n) is 2.49. The second-order valence-corrected chi connectivity index (χ2v) is 4.07. The maximum absolute atomic E-state index is 13.5. The van der Waals surface area contributed by atoms with Crippen LogP contribution in [0.5, 0.6) is 0 Å². The number of hydrogen-bond donors (Lipinski definition) is 0. The predicted molar refractivity (Wildman–Crippen MR) is 60.1 cm³/mol. The van der Waals surface area contributed by atoms with Crippen LogP contribution in [-0.4, -0.2) is 0 Å². The molecular formula is C12H14ClF.